The fourth-order valence-electron chi connectivity index (χ4n) is 0.154. The van der Waals surface area contributed by atoms with E-state index in [2.05, 4.69) is 0 Å². The Hall–Kier alpha value is 0.330. The van der Waals surface area contributed by atoms with Crippen LogP contribution in [0.4, 0.5) is 8.78 Å². The molecule has 0 aliphatic carbocycles. The number of allylic oxidation sites excluding steroid dienone is 1. The van der Waals surface area contributed by atoms with Crippen molar-refractivity contribution in [3.8, 4) is 0 Å². The van der Waals surface area contributed by atoms with E-state index in [9.17, 15) is 8.78 Å². The lowest BCUT2D eigenvalue weighted by atomic mass is 10.5. The molecule has 0 nitrogen and oxygen atoms in total. The first-order chi connectivity index (χ1) is 3.27. The summed E-state index contributed by atoms with van der Waals surface area (Å²) in [4.78, 5) is 0. The van der Waals surface area contributed by atoms with Crippen LogP contribution in [0.5, 0.6) is 0 Å². The number of hydrogen-bond donors (Lipinski definition) is 0. The van der Waals surface area contributed by atoms with Gasteiger partial charge in [-0.2, -0.15) is 0 Å². The molecule has 0 rings (SSSR count). The fourth-order valence-corrected chi connectivity index (χ4v) is 0.448. The van der Waals surface area contributed by atoms with Gasteiger partial charge in [0.1, 0.15) is 0 Å². The largest absolute Gasteiger partial charge is 0.236 e. The highest BCUT2D eigenvalue weighted by molar-refractivity contribution is 14.1. The van der Waals surface area contributed by atoms with E-state index in [0.717, 1.165) is 6.08 Å². The van der Waals surface area contributed by atoms with E-state index >= 15 is 0 Å². The van der Waals surface area contributed by atoms with Crippen LogP contribution in [0.1, 0.15) is 6.42 Å². The van der Waals surface area contributed by atoms with Crippen molar-refractivity contribution in [2.24, 2.45) is 0 Å². The van der Waals surface area contributed by atoms with Gasteiger partial charge in [0.15, 0.2) is 4.18 Å². The molecule has 0 fully saturated rings. The molecule has 1 atom stereocenters. The second-order valence-corrected chi connectivity index (χ2v) is 2.34. The average Bonchev–Trinajstić information content (AvgIpc) is 1.61. The van der Waals surface area contributed by atoms with E-state index in [-0.39, 0.29) is 6.42 Å². The van der Waals surface area contributed by atoms with Crippen molar-refractivity contribution >= 4 is 22.6 Å². The van der Waals surface area contributed by atoms with Crippen molar-refractivity contribution in [2.45, 2.75) is 10.6 Å². The second kappa shape index (κ2) is 4.49. The topological polar surface area (TPSA) is 0 Å². The third-order valence-electron chi connectivity index (χ3n) is 0.403. The average molecular weight is 218 g/mol. The van der Waals surface area contributed by atoms with Crippen LogP contribution in [0.3, 0.4) is 0 Å². The monoisotopic (exact) mass is 218 g/mol. The Labute approximate surface area is 54.7 Å². The Kier molecular flexibility index (Phi) is 4.70. The summed E-state index contributed by atoms with van der Waals surface area (Å²) in [5.74, 6) is 0. The van der Waals surface area contributed by atoms with Crippen molar-refractivity contribution in [1.82, 2.24) is 0 Å². The van der Waals surface area contributed by atoms with Gasteiger partial charge >= 0.3 is 0 Å². The SMILES string of the molecule is FC=CCC(F)I. The summed E-state index contributed by atoms with van der Waals surface area (Å²) in [5, 5.41) is 0. The van der Waals surface area contributed by atoms with Crippen LogP contribution in [-0.2, 0) is 0 Å². The molecule has 0 aromatic heterocycles. The Balaban J connectivity index is 2.97. The number of hydrogen-bond acceptors (Lipinski definition) is 0. The number of alkyl halides is 2. The molecular weight excluding hydrogens is 213 g/mol. The molecule has 0 radical (unpaired) electrons. The first-order valence-electron chi connectivity index (χ1n) is 1.80. The summed E-state index contributed by atoms with van der Waals surface area (Å²) in [7, 11) is 0. The Bertz CT molecular complexity index is 60.7. The molecule has 0 saturated heterocycles. The third-order valence-corrected chi connectivity index (χ3v) is 0.912. The lowest BCUT2D eigenvalue weighted by Gasteiger charge is -1.86. The fraction of sp³-hybridized carbons (Fsp3) is 0.500. The van der Waals surface area contributed by atoms with Crippen LogP contribution in [0.15, 0.2) is 12.4 Å². The Morgan fingerprint density at radius 2 is 2.29 bits per heavy atom. The molecule has 0 N–H and O–H groups in total. The van der Waals surface area contributed by atoms with Gasteiger partial charge < -0.3 is 0 Å². The molecule has 0 heterocycles. The number of halogens is 3. The van der Waals surface area contributed by atoms with Gasteiger partial charge in [-0.25, -0.2) is 8.78 Å². The quantitative estimate of drug-likeness (QED) is 0.493. The third kappa shape index (κ3) is 6.33. The van der Waals surface area contributed by atoms with Crippen LogP contribution in [0.25, 0.3) is 0 Å². The summed E-state index contributed by atoms with van der Waals surface area (Å²) in [6, 6.07) is 0. The molecular formula is C4H5F2I. The van der Waals surface area contributed by atoms with Crippen molar-refractivity contribution in [3.05, 3.63) is 12.4 Å². The second-order valence-electron chi connectivity index (χ2n) is 0.988. The minimum atomic E-state index is -0.954. The molecule has 0 spiro atoms. The molecule has 0 aliphatic heterocycles. The van der Waals surface area contributed by atoms with E-state index in [4.69, 9.17) is 0 Å². The van der Waals surface area contributed by atoms with E-state index in [1.165, 1.54) is 0 Å². The van der Waals surface area contributed by atoms with Crippen LogP contribution in [0.2, 0.25) is 0 Å². The van der Waals surface area contributed by atoms with Gasteiger partial charge in [0.2, 0.25) is 0 Å². The maximum absolute atomic E-state index is 11.7. The predicted octanol–water partition coefficient (Wildman–Crippen LogP) is 2.59. The minimum absolute atomic E-state index is 0.164. The van der Waals surface area contributed by atoms with Crippen molar-refractivity contribution in [1.29, 1.82) is 0 Å². The first kappa shape index (κ1) is 7.33. The standard InChI is InChI=1S/C4H5F2I/c5-3-1-2-4(6)7/h1,3-4H,2H2. The van der Waals surface area contributed by atoms with Gasteiger partial charge in [0, 0.05) is 6.42 Å². The molecule has 42 valence electrons. The minimum Gasteiger partial charge on any atom is -0.236 e. The predicted molar refractivity (Wildman–Crippen MR) is 33.8 cm³/mol. The highest BCUT2D eigenvalue weighted by atomic mass is 127. The Morgan fingerprint density at radius 1 is 1.71 bits per heavy atom. The molecule has 0 aromatic carbocycles. The van der Waals surface area contributed by atoms with Gasteiger partial charge in [-0.05, 0) is 22.6 Å². The molecule has 0 aliphatic rings. The Morgan fingerprint density at radius 3 is 2.43 bits per heavy atom. The van der Waals surface area contributed by atoms with Crippen LogP contribution >= 0.6 is 22.6 Å². The summed E-state index contributed by atoms with van der Waals surface area (Å²) < 4.78 is 21.7. The normalized spacial score (nSPS) is 15.3. The highest BCUT2D eigenvalue weighted by Crippen LogP contribution is 2.06. The summed E-state index contributed by atoms with van der Waals surface area (Å²) in [6.07, 6.45) is 1.67. The summed E-state index contributed by atoms with van der Waals surface area (Å²) in [6.45, 7) is 0. The molecule has 0 bridgehead atoms. The first-order valence-corrected chi connectivity index (χ1v) is 3.05. The van der Waals surface area contributed by atoms with Crippen LogP contribution in [0, 0.1) is 0 Å². The summed E-state index contributed by atoms with van der Waals surface area (Å²) >= 11 is 1.58. The molecule has 7 heavy (non-hydrogen) atoms. The zero-order chi connectivity index (χ0) is 5.70. The lowest BCUT2D eigenvalue weighted by molar-refractivity contribution is 0.475. The van der Waals surface area contributed by atoms with E-state index in [0.29, 0.717) is 6.33 Å². The molecule has 0 saturated carbocycles. The van der Waals surface area contributed by atoms with Crippen LogP contribution in [-0.4, -0.2) is 4.18 Å². The zero-order valence-corrected chi connectivity index (χ0v) is 5.73. The van der Waals surface area contributed by atoms with Crippen LogP contribution < -0.4 is 0 Å². The summed E-state index contributed by atoms with van der Waals surface area (Å²) in [5.41, 5.74) is 0. The van der Waals surface area contributed by atoms with Gasteiger partial charge in [0.25, 0.3) is 0 Å². The smallest absolute Gasteiger partial charge is 0.154 e. The van der Waals surface area contributed by atoms with Crippen molar-refractivity contribution in [2.75, 3.05) is 0 Å². The van der Waals surface area contributed by atoms with Gasteiger partial charge in [-0.1, -0.05) is 6.08 Å². The highest BCUT2D eigenvalue weighted by Gasteiger charge is 1.92. The van der Waals surface area contributed by atoms with E-state index in [1.807, 2.05) is 0 Å². The van der Waals surface area contributed by atoms with Crippen molar-refractivity contribution < 1.29 is 8.78 Å². The van der Waals surface area contributed by atoms with E-state index < -0.39 is 4.18 Å². The van der Waals surface area contributed by atoms with Gasteiger partial charge in [-0.3, -0.25) is 0 Å². The maximum atomic E-state index is 11.7. The molecule has 0 aromatic rings. The zero-order valence-electron chi connectivity index (χ0n) is 3.57. The lowest BCUT2D eigenvalue weighted by Crippen LogP contribution is -1.79. The maximum Gasteiger partial charge on any atom is 0.154 e. The van der Waals surface area contributed by atoms with Gasteiger partial charge in [-0.15, -0.1) is 0 Å². The van der Waals surface area contributed by atoms with E-state index in [1.54, 1.807) is 22.6 Å². The van der Waals surface area contributed by atoms with Crippen molar-refractivity contribution in [3.63, 3.8) is 0 Å². The van der Waals surface area contributed by atoms with Gasteiger partial charge in [0.05, 0.1) is 6.33 Å². The number of rotatable bonds is 2. The molecule has 1 unspecified atom stereocenters. The molecule has 3 heteroatoms. The molecule has 0 amide bonds.